The molecule has 2 bridgehead atoms. The highest BCUT2D eigenvalue weighted by atomic mass is 16.2. The van der Waals surface area contributed by atoms with Crippen molar-refractivity contribution in [1.29, 1.82) is 5.26 Å². The van der Waals surface area contributed by atoms with Gasteiger partial charge in [0.05, 0.1) is 6.07 Å². The van der Waals surface area contributed by atoms with E-state index in [1.807, 2.05) is 11.8 Å². The Kier molecular flexibility index (Phi) is 2.95. The van der Waals surface area contributed by atoms with Crippen LogP contribution in [0.25, 0.3) is 0 Å². The van der Waals surface area contributed by atoms with E-state index in [1.165, 1.54) is 12.8 Å². The second-order valence-electron chi connectivity index (χ2n) is 4.79. The molecule has 0 N–H and O–H groups in total. The Morgan fingerprint density at radius 3 is 2.87 bits per heavy atom. The maximum Gasteiger partial charge on any atom is 0.240 e. The molecule has 1 amide bonds. The molecule has 0 radical (unpaired) electrons. The molecule has 1 heterocycles. The molecular weight excluding hydrogens is 188 g/mol. The molecule has 1 saturated heterocycles. The molecule has 0 spiro atoms. The average molecular weight is 206 g/mol. The molecule has 1 saturated carbocycles. The van der Waals surface area contributed by atoms with Crippen molar-refractivity contribution in [3.8, 4) is 6.07 Å². The van der Waals surface area contributed by atoms with Crippen LogP contribution in [-0.4, -0.2) is 23.4 Å². The van der Waals surface area contributed by atoms with Crippen molar-refractivity contribution in [3.05, 3.63) is 0 Å². The van der Waals surface area contributed by atoms with Crippen LogP contribution in [0.15, 0.2) is 0 Å². The molecule has 0 aromatic rings. The molecule has 3 heteroatoms. The van der Waals surface area contributed by atoms with E-state index in [4.69, 9.17) is 5.26 Å². The first kappa shape index (κ1) is 10.5. The highest BCUT2D eigenvalue weighted by molar-refractivity contribution is 5.81. The molecule has 15 heavy (non-hydrogen) atoms. The molecule has 1 aliphatic heterocycles. The number of hydrogen-bond acceptors (Lipinski definition) is 2. The summed E-state index contributed by atoms with van der Waals surface area (Å²) in [5, 5.41) is 8.96. The standard InChI is InChI=1S/C12H18N2O/c1-2-3-10(7-13)12(15)14-8-9-4-5-11(14)6-9/h9-11H,2-6,8H2,1H3. The highest BCUT2D eigenvalue weighted by Gasteiger charge is 2.41. The Morgan fingerprint density at radius 1 is 1.60 bits per heavy atom. The summed E-state index contributed by atoms with van der Waals surface area (Å²) in [6, 6.07) is 2.60. The van der Waals surface area contributed by atoms with Crippen LogP contribution in [0.1, 0.15) is 39.0 Å². The predicted molar refractivity (Wildman–Crippen MR) is 56.9 cm³/mol. The molecular formula is C12H18N2O. The van der Waals surface area contributed by atoms with E-state index in [2.05, 4.69) is 6.07 Å². The van der Waals surface area contributed by atoms with Crippen molar-refractivity contribution in [3.63, 3.8) is 0 Å². The number of likely N-dealkylation sites (tertiary alicyclic amines) is 1. The fraction of sp³-hybridized carbons (Fsp3) is 0.833. The highest BCUT2D eigenvalue weighted by Crippen LogP contribution is 2.38. The van der Waals surface area contributed by atoms with Gasteiger partial charge in [-0.25, -0.2) is 0 Å². The topological polar surface area (TPSA) is 44.1 Å². The fourth-order valence-electron chi connectivity index (χ4n) is 2.93. The lowest BCUT2D eigenvalue weighted by atomic mass is 10.0. The molecule has 82 valence electrons. The Labute approximate surface area is 91.1 Å². The Hall–Kier alpha value is -1.04. The second-order valence-corrected chi connectivity index (χ2v) is 4.79. The van der Waals surface area contributed by atoms with Gasteiger partial charge >= 0.3 is 0 Å². The van der Waals surface area contributed by atoms with Gasteiger partial charge in [-0.05, 0) is 31.6 Å². The van der Waals surface area contributed by atoms with Crippen LogP contribution in [0.4, 0.5) is 0 Å². The van der Waals surface area contributed by atoms with Gasteiger partial charge in [-0.2, -0.15) is 5.26 Å². The van der Waals surface area contributed by atoms with Gasteiger partial charge in [0, 0.05) is 12.6 Å². The first-order chi connectivity index (χ1) is 7.26. The maximum atomic E-state index is 12.1. The van der Waals surface area contributed by atoms with Crippen LogP contribution in [-0.2, 0) is 4.79 Å². The SMILES string of the molecule is CCCC(C#N)C(=O)N1CC2CCC1C2. The normalized spacial score (nSPS) is 30.3. The number of fused-ring (bicyclic) bond motifs is 2. The van der Waals surface area contributed by atoms with Crippen molar-refractivity contribution < 1.29 is 4.79 Å². The van der Waals surface area contributed by atoms with Gasteiger partial charge in [0.15, 0.2) is 0 Å². The summed E-state index contributed by atoms with van der Waals surface area (Å²) in [6.07, 6.45) is 5.23. The Balaban J connectivity index is 1.99. The Bertz CT molecular complexity index is 294. The van der Waals surface area contributed by atoms with Crippen LogP contribution in [0.5, 0.6) is 0 Å². The van der Waals surface area contributed by atoms with E-state index < -0.39 is 5.92 Å². The number of carbonyl (C=O) groups is 1. The van der Waals surface area contributed by atoms with E-state index in [0.717, 1.165) is 25.3 Å². The van der Waals surface area contributed by atoms with Gasteiger partial charge in [0.1, 0.15) is 5.92 Å². The largest absolute Gasteiger partial charge is 0.338 e. The number of piperidine rings is 1. The van der Waals surface area contributed by atoms with Crippen molar-refractivity contribution in [2.24, 2.45) is 11.8 Å². The number of carbonyl (C=O) groups excluding carboxylic acids is 1. The minimum atomic E-state index is -0.394. The zero-order valence-corrected chi connectivity index (χ0v) is 9.28. The zero-order valence-electron chi connectivity index (χ0n) is 9.28. The van der Waals surface area contributed by atoms with Gasteiger partial charge < -0.3 is 4.90 Å². The zero-order chi connectivity index (χ0) is 10.8. The summed E-state index contributed by atoms with van der Waals surface area (Å²) < 4.78 is 0. The number of nitrogens with zero attached hydrogens (tertiary/aromatic N) is 2. The minimum Gasteiger partial charge on any atom is -0.338 e. The van der Waals surface area contributed by atoms with Gasteiger partial charge in [-0.1, -0.05) is 13.3 Å². The van der Waals surface area contributed by atoms with Crippen LogP contribution < -0.4 is 0 Å². The minimum absolute atomic E-state index is 0.0894. The van der Waals surface area contributed by atoms with Crippen LogP contribution in [0, 0.1) is 23.2 Å². The van der Waals surface area contributed by atoms with E-state index in [9.17, 15) is 4.79 Å². The number of nitriles is 1. The molecule has 3 unspecified atom stereocenters. The molecule has 0 aromatic carbocycles. The quantitative estimate of drug-likeness (QED) is 0.708. The third-order valence-electron chi connectivity index (χ3n) is 3.72. The molecule has 2 rings (SSSR count). The van der Waals surface area contributed by atoms with Gasteiger partial charge in [-0.3, -0.25) is 4.79 Å². The van der Waals surface area contributed by atoms with Crippen LogP contribution in [0.3, 0.4) is 0 Å². The molecule has 3 atom stereocenters. The van der Waals surface area contributed by atoms with Gasteiger partial charge in [0.2, 0.25) is 5.91 Å². The van der Waals surface area contributed by atoms with Crippen LogP contribution in [0.2, 0.25) is 0 Å². The van der Waals surface area contributed by atoms with E-state index in [1.54, 1.807) is 0 Å². The third kappa shape index (κ3) is 1.86. The van der Waals surface area contributed by atoms with E-state index >= 15 is 0 Å². The van der Waals surface area contributed by atoms with E-state index in [-0.39, 0.29) is 5.91 Å². The van der Waals surface area contributed by atoms with Crippen molar-refractivity contribution in [2.75, 3.05) is 6.54 Å². The first-order valence-corrected chi connectivity index (χ1v) is 5.96. The second kappa shape index (κ2) is 4.22. The molecule has 3 nitrogen and oxygen atoms in total. The molecule has 2 fully saturated rings. The summed E-state index contributed by atoms with van der Waals surface area (Å²) in [6.45, 7) is 2.93. The van der Waals surface area contributed by atoms with Gasteiger partial charge in [0.25, 0.3) is 0 Å². The molecule has 0 aromatic heterocycles. The smallest absolute Gasteiger partial charge is 0.240 e. The lowest BCUT2D eigenvalue weighted by Gasteiger charge is -2.28. The van der Waals surface area contributed by atoms with Crippen molar-refractivity contribution in [2.45, 2.75) is 45.1 Å². The van der Waals surface area contributed by atoms with E-state index in [0.29, 0.717) is 12.5 Å². The van der Waals surface area contributed by atoms with Crippen LogP contribution >= 0.6 is 0 Å². The monoisotopic (exact) mass is 206 g/mol. The maximum absolute atomic E-state index is 12.1. The fourth-order valence-corrected chi connectivity index (χ4v) is 2.93. The summed E-state index contributed by atoms with van der Waals surface area (Å²) in [7, 11) is 0. The lowest BCUT2D eigenvalue weighted by molar-refractivity contribution is -0.135. The third-order valence-corrected chi connectivity index (χ3v) is 3.72. The number of amides is 1. The number of hydrogen-bond donors (Lipinski definition) is 0. The summed E-state index contributed by atoms with van der Waals surface area (Å²) in [5.74, 6) is 0.417. The summed E-state index contributed by atoms with van der Waals surface area (Å²) >= 11 is 0. The predicted octanol–water partition coefficient (Wildman–Crippen LogP) is 1.94. The number of rotatable bonds is 3. The molecule has 2 aliphatic rings. The summed E-state index contributed by atoms with van der Waals surface area (Å²) in [5.41, 5.74) is 0. The Morgan fingerprint density at radius 2 is 2.40 bits per heavy atom. The lowest BCUT2D eigenvalue weighted by Crippen LogP contribution is -2.41. The first-order valence-electron chi connectivity index (χ1n) is 5.96. The van der Waals surface area contributed by atoms with Gasteiger partial charge in [-0.15, -0.1) is 0 Å². The summed E-state index contributed by atoms with van der Waals surface area (Å²) in [4.78, 5) is 14.0. The van der Waals surface area contributed by atoms with Crippen molar-refractivity contribution >= 4 is 5.91 Å². The van der Waals surface area contributed by atoms with Crippen molar-refractivity contribution in [1.82, 2.24) is 4.90 Å². The average Bonchev–Trinajstić information content (AvgIpc) is 2.86. The molecule has 1 aliphatic carbocycles.